The van der Waals surface area contributed by atoms with E-state index < -0.39 is 11.7 Å². The monoisotopic (exact) mass is 329 g/mol. The van der Waals surface area contributed by atoms with E-state index in [4.69, 9.17) is 11.6 Å². The summed E-state index contributed by atoms with van der Waals surface area (Å²) in [6.45, 7) is 0. The van der Waals surface area contributed by atoms with E-state index in [2.05, 4.69) is 31.2 Å². The number of aromatic nitrogens is 2. The molecule has 4 nitrogen and oxygen atoms in total. The molecule has 0 unspecified atom stereocenters. The third-order valence-electron chi connectivity index (χ3n) is 2.04. The first-order valence-corrected chi connectivity index (χ1v) is 5.98. The van der Waals surface area contributed by atoms with Gasteiger partial charge in [0.2, 0.25) is 5.28 Å². The number of rotatable bonds is 2. The molecule has 1 N–H and O–H groups in total. The highest BCUT2D eigenvalue weighted by Gasteiger charge is 2.12. The molecule has 1 heterocycles. The lowest BCUT2D eigenvalue weighted by Gasteiger charge is -2.06. The van der Waals surface area contributed by atoms with Crippen LogP contribution in [0.1, 0.15) is 10.4 Å². The number of nitrogens with zero attached hydrogens (tertiary/aromatic N) is 2. The van der Waals surface area contributed by atoms with Crippen LogP contribution in [-0.2, 0) is 0 Å². The van der Waals surface area contributed by atoms with Crippen molar-refractivity contribution in [3.63, 3.8) is 0 Å². The first kappa shape index (κ1) is 12.9. The van der Waals surface area contributed by atoms with Crippen molar-refractivity contribution in [1.82, 2.24) is 9.97 Å². The molecule has 0 fully saturated rings. The number of carbonyl (C=O) groups excluding carboxylic acids is 1. The van der Waals surface area contributed by atoms with Crippen LogP contribution in [0.2, 0.25) is 5.28 Å². The SMILES string of the molecule is O=C(Nc1ccnc(Cl)n1)c1cc(F)ccc1Br. The van der Waals surface area contributed by atoms with Gasteiger partial charge in [-0.05, 0) is 51.8 Å². The number of halogens is 3. The van der Waals surface area contributed by atoms with Crippen LogP contribution < -0.4 is 5.32 Å². The van der Waals surface area contributed by atoms with Crippen molar-refractivity contribution in [2.24, 2.45) is 0 Å². The van der Waals surface area contributed by atoms with Crippen molar-refractivity contribution < 1.29 is 9.18 Å². The first-order chi connectivity index (χ1) is 8.56. The molecule has 0 bridgehead atoms. The average molecular weight is 331 g/mol. The molecular weight excluding hydrogens is 324 g/mol. The fraction of sp³-hybridized carbons (Fsp3) is 0. The highest BCUT2D eigenvalue weighted by molar-refractivity contribution is 9.10. The molecule has 0 aliphatic heterocycles. The van der Waals surface area contributed by atoms with E-state index in [0.29, 0.717) is 4.47 Å². The molecule has 2 rings (SSSR count). The first-order valence-electron chi connectivity index (χ1n) is 4.81. The summed E-state index contributed by atoms with van der Waals surface area (Å²) in [5.41, 5.74) is 0.171. The molecule has 0 spiro atoms. The number of hydrogen-bond acceptors (Lipinski definition) is 3. The molecule has 1 aromatic heterocycles. The van der Waals surface area contributed by atoms with Crippen molar-refractivity contribution in [2.75, 3.05) is 5.32 Å². The highest BCUT2D eigenvalue weighted by Crippen LogP contribution is 2.19. The number of anilines is 1. The minimum atomic E-state index is -0.496. The van der Waals surface area contributed by atoms with Crippen LogP contribution >= 0.6 is 27.5 Å². The van der Waals surface area contributed by atoms with Gasteiger partial charge in [0.15, 0.2) is 0 Å². The minimum absolute atomic E-state index is 0.0195. The minimum Gasteiger partial charge on any atom is -0.306 e. The van der Waals surface area contributed by atoms with Gasteiger partial charge in [0.1, 0.15) is 11.6 Å². The van der Waals surface area contributed by atoms with Crippen LogP contribution in [0.15, 0.2) is 34.9 Å². The molecule has 0 aliphatic carbocycles. The van der Waals surface area contributed by atoms with Gasteiger partial charge in [0.25, 0.3) is 5.91 Å². The fourth-order valence-electron chi connectivity index (χ4n) is 1.26. The zero-order chi connectivity index (χ0) is 13.1. The quantitative estimate of drug-likeness (QED) is 0.860. The van der Waals surface area contributed by atoms with E-state index in [0.717, 1.165) is 6.07 Å². The number of benzene rings is 1. The normalized spacial score (nSPS) is 10.2. The number of carbonyl (C=O) groups is 1. The molecule has 2 aromatic rings. The summed E-state index contributed by atoms with van der Waals surface area (Å²) in [5.74, 6) is -0.739. The fourth-order valence-corrected chi connectivity index (χ4v) is 1.83. The van der Waals surface area contributed by atoms with E-state index >= 15 is 0 Å². The summed E-state index contributed by atoms with van der Waals surface area (Å²) in [6, 6.07) is 5.32. The molecule has 0 aliphatic rings. The van der Waals surface area contributed by atoms with Gasteiger partial charge in [-0.25, -0.2) is 14.4 Å². The maximum atomic E-state index is 13.1. The Morgan fingerprint density at radius 3 is 2.89 bits per heavy atom. The Labute approximate surface area is 115 Å². The molecule has 1 aromatic carbocycles. The summed E-state index contributed by atoms with van der Waals surface area (Å²) >= 11 is 8.76. The molecule has 1 amide bonds. The molecule has 0 atom stereocenters. The summed E-state index contributed by atoms with van der Waals surface area (Å²) in [5, 5.41) is 2.52. The summed E-state index contributed by atoms with van der Waals surface area (Å²) in [4.78, 5) is 19.4. The van der Waals surface area contributed by atoms with Crippen LogP contribution in [0.3, 0.4) is 0 Å². The standard InChI is InChI=1S/C11H6BrClFN3O/c12-8-2-1-6(14)5-7(8)10(18)16-9-3-4-15-11(13)17-9/h1-5H,(H,15,16,17,18). The lowest BCUT2D eigenvalue weighted by molar-refractivity contribution is 0.102. The van der Waals surface area contributed by atoms with E-state index in [1.807, 2.05) is 0 Å². The van der Waals surface area contributed by atoms with Gasteiger partial charge in [-0.2, -0.15) is 0 Å². The molecule has 0 radical (unpaired) electrons. The Morgan fingerprint density at radius 2 is 2.17 bits per heavy atom. The highest BCUT2D eigenvalue weighted by atomic mass is 79.9. The van der Waals surface area contributed by atoms with Crippen LogP contribution in [0.25, 0.3) is 0 Å². The number of nitrogens with one attached hydrogen (secondary N) is 1. The van der Waals surface area contributed by atoms with Crippen LogP contribution in [0, 0.1) is 5.82 Å². The second-order valence-corrected chi connectivity index (χ2v) is 4.48. The number of hydrogen-bond donors (Lipinski definition) is 1. The molecule has 0 saturated carbocycles. The van der Waals surface area contributed by atoms with Crippen molar-refractivity contribution in [2.45, 2.75) is 0 Å². The largest absolute Gasteiger partial charge is 0.306 e. The van der Waals surface area contributed by atoms with Gasteiger partial charge in [0.05, 0.1) is 5.56 Å². The Balaban J connectivity index is 2.24. The van der Waals surface area contributed by atoms with Gasteiger partial charge in [0, 0.05) is 10.7 Å². The van der Waals surface area contributed by atoms with Gasteiger partial charge < -0.3 is 5.32 Å². The molecular formula is C11H6BrClFN3O. The molecule has 18 heavy (non-hydrogen) atoms. The van der Waals surface area contributed by atoms with E-state index in [9.17, 15) is 9.18 Å². The third kappa shape index (κ3) is 3.02. The van der Waals surface area contributed by atoms with Gasteiger partial charge in [-0.15, -0.1) is 0 Å². The van der Waals surface area contributed by atoms with E-state index in [-0.39, 0.29) is 16.7 Å². The zero-order valence-corrected chi connectivity index (χ0v) is 11.2. The summed E-state index contributed by atoms with van der Waals surface area (Å²) in [6.07, 6.45) is 1.41. The molecule has 0 saturated heterocycles. The van der Waals surface area contributed by atoms with E-state index in [1.54, 1.807) is 0 Å². The van der Waals surface area contributed by atoms with Gasteiger partial charge in [-0.1, -0.05) is 0 Å². The predicted octanol–water partition coefficient (Wildman–Crippen LogP) is 3.28. The lowest BCUT2D eigenvalue weighted by atomic mass is 10.2. The number of amides is 1. The molecule has 7 heteroatoms. The van der Waals surface area contributed by atoms with E-state index in [1.165, 1.54) is 24.4 Å². The van der Waals surface area contributed by atoms with Crippen molar-refractivity contribution in [1.29, 1.82) is 0 Å². The van der Waals surface area contributed by atoms with Gasteiger partial charge >= 0.3 is 0 Å². The Hall–Kier alpha value is -1.53. The maximum absolute atomic E-state index is 13.1. The van der Waals surface area contributed by atoms with Crippen LogP contribution in [0.5, 0.6) is 0 Å². The zero-order valence-electron chi connectivity index (χ0n) is 8.82. The van der Waals surface area contributed by atoms with Crippen LogP contribution in [0.4, 0.5) is 10.2 Å². The van der Waals surface area contributed by atoms with Gasteiger partial charge in [-0.3, -0.25) is 4.79 Å². The topological polar surface area (TPSA) is 54.9 Å². The Bertz CT molecular complexity index is 609. The summed E-state index contributed by atoms with van der Waals surface area (Å²) in [7, 11) is 0. The Morgan fingerprint density at radius 1 is 1.39 bits per heavy atom. The van der Waals surface area contributed by atoms with Crippen molar-refractivity contribution in [3.8, 4) is 0 Å². The van der Waals surface area contributed by atoms with Crippen LogP contribution in [-0.4, -0.2) is 15.9 Å². The average Bonchev–Trinajstić information content (AvgIpc) is 2.32. The van der Waals surface area contributed by atoms with Crippen molar-refractivity contribution in [3.05, 3.63) is 51.6 Å². The summed E-state index contributed by atoms with van der Waals surface area (Å²) < 4.78 is 13.6. The third-order valence-corrected chi connectivity index (χ3v) is 2.91. The maximum Gasteiger partial charge on any atom is 0.258 e. The van der Waals surface area contributed by atoms with Crippen molar-refractivity contribution >= 4 is 39.3 Å². The smallest absolute Gasteiger partial charge is 0.258 e. The second-order valence-electron chi connectivity index (χ2n) is 3.29. The second kappa shape index (κ2) is 5.41. The predicted molar refractivity (Wildman–Crippen MR) is 69.1 cm³/mol. The molecule has 92 valence electrons. The lowest BCUT2D eigenvalue weighted by Crippen LogP contribution is -2.14. The Kier molecular flexibility index (Phi) is 3.88.